The van der Waals surface area contributed by atoms with Gasteiger partial charge in [0.2, 0.25) is 5.91 Å². The first-order valence-electron chi connectivity index (χ1n) is 5.34. The Morgan fingerprint density at radius 1 is 1.40 bits per heavy atom. The van der Waals surface area contributed by atoms with Crippen molar-refractivity contribution in [3.63, 3.8) is 0 Å². The van der Waals surface area contributed by atoms with Gasteiger partial charge in [-0.15, -0.1) is 0 Å². The number of rotatable bonds is 3. The third-order valence-corrected chi connectivity index (χ3v) is 2.51. The third kappa shape index (κ3) is 3.08. The minimum Gasteiger partial charge on any atom is -0.347 e. The lowest BCUT2D eigenvalue weighted by Gasteiger charge is -2.27. The van der Waals surface area contributed by atoms with Crippen molar-refractivity contribution in [2.24, 2.45) is 0 Å². The van der Waals surface area contributed by atoms with E-state index in [0.717, 1.165) is 5.56 Å². The number of nitrogens with one attached hydrogen (secondary N) is 1. The quantitative estimate of drug-likeness (QED) is 0.807. The Morgan fingerprint density at radius 3 is 2.60 bits per heavy atom. The van der Waals surface area contributed by atoms with Gasteiger partial charge in [-0.2, -0.15) is 0 Å². The molecule has 0 unspecified atom stereocenters. The van der Waals surface area contributed by atoms with Crippen LogP contribution in [0.3, 0.4) is 0 Å². The highest BCUT2D eigenvalue weighted by atomic mass is 16.1. The van der Waals surface area contributed by atoms with Crippen LogP contribution in [0.2, 0.25) is 0 Å². The van der Waals surface area contributed by atoms with Crippen LogP contribution in [0.5, 0.6) is 0 Å². The number of hydrogen-bond donors (Lipinski definition) is 1. The molecule has 0 heterocycles. The summed E-state index contributed by atoms with van der Waals surface area (Å²) in [6.07, 6.45) is 0.523. The summed E-state index contributed by atoms with van der Waals surface area (Å²) in [7, 11) is 0. The molecule has 1 amide bonds. The number of carbonyl (C=O) groups excluding carboxylic acids is 1. The van der Waals surface area contributed by atoms with Gasteiger partial charge >= 0.3 is 0 Å². The van der Waals surface area contributed by atoms with Crippen molar-refractivity contribution in [3.05, 3.63) is 35.4 Å². The molecule has 1 aromatic carbocycles. The van der Waals surface area contributed by atoms with Crippen LogP contribution < -0.4 is 5.32 Å². The maximum Gasteiger partial charge on any atom is 0.220 e. The van der Waals surface area contributed by atoms with Crippen LogP contribution in [-0.4, -0.2) is 5.91 Å². The molecule has 15 heavy (non-hydrogen) atoms. The zero-order chi connectivity index (χ0) is 11.5. The number of amides is 1. The summed E-state index contributed by atoms with van der Waals surface area (Å²) in [6, 6.07) is 8.23. The zero-order valence-corrected chi connectivity index (χ0v) is 9.92. The highest BCUT2D eigenvalue weighted by molar-refractivity contribution is 5.76. The van der Waals surface area contributed by atoms with Gasteiger partial charge in [0.15, 0.2) is 0 Å². The van der Waals surface area contributed by atoms with Crippen molar-refractivity contribution in [2.45, 2.75) is 39.7 Å². The average Bonchev–Trinajstić information content (AvgIpc) is 2.17. The fourth-order valence-electron chi connectivity index (χ4n) is 1.54. The molecule has 0 fully saturated rings. The van der Waals surface area contributed by atoms with Crippen molar-refractivity contribution in [1.82, 2.24) is 5.32 Å². The van der Waals surface area contributed by atoms with E-state index in [4.69, 9.17) is 0 Å². The molecular weight excluding hydrogens is 186 g/mol. The molecule has 0 radical (unpaired) electrons. The Morgan fingerprint density at radius 2 is 2.07 bits per heavy atom. The van der Waals surface area contributed by atoms with Gasteiger partial charge in [-0.05, 0) is 26.3 Å². The highest BCUT2D eigenvalue weighted by Crippen LogP contribution is 2.20. The first kappa shape index (κ1) is 11.8. The van der Waals surface area contributed by atoms with E-state index < -0.39 is 0 Å². The molecular formula is C13H19NO. The summed E-state index contributed by atoms with van der Waals surface area (Å²) in [6.45, 7) is 7.97. The van der Waals surface area contributed by atoms with Gasteiger partial charge in [-0.1, -0.05) is 36.8 Å². The third-order valence-electron chi connectivity index (χ3n) is 2.51. The van der Waals surface area contributed by atoms with Crippen LogP contribution in [0.4, 0.5) is 0 Å². The lowest BCUT2D eigenvalue weighted by molar-refractivity contribution is -0.122. The number of carbonyl (C=O) groups is 1. The lowest BCUT2D eigenvalue weighted by Crippen LogP contribution is -2.40. The lowest BCUT2D eigenvalue weighted by atomic mass is 9.93. The zero-order valence-electron chi connectivity index (χ0n) is 9.92. The monoisotopic (exact) mass is 205 g/mol. The predicted octanol–water partition coefficient (Wildman–Crippen LogP) is 2.76. The van der Waals surface area contributed by atoms with E-state index >= 15 is 0 Å². The van der Waals surface area contributed by atoms with E-state index in [-0.39, 0.29) is 11.4 Å². The Labute approximate surface area is 91.7 Å². The molecule has 2 heteroatoms. The molecule has 0 aliphatic heterocycles. The van der Waals surface area contributed by atoms with Gasteiger partial charge in [-0.3, -0.25) is 4.79 Å². The largest absolute Gasteiger partial charge is 0.347 e. The Kier molecular flexibility index (Phi) is 3.51. The van der Waals surface area contributed by atoms with Gasteiger partial charge in [0.25, 0.3) is 0 Å². The maximum atomic E-state index is 11.4. The Balaban J connectivity index is 2.90. The van der Waals surface area contributed by atoms with Gasteiger partial charge in [0.1, 0.15) is 0 Å². The van der Waals surface area contributed by atoms with E-state index in [9.17, 15) is 4.79 Å². The minimum absolute atomic E-state index is 0.0847. The molecule has 0 aromatic heterocycles. The maximum absolute atomic E-state index is 11.4. The first-order chi connectivity index (χ1) is 6.95. The van der Waals surface area contributed by atoms with E-state index in [1.165, 1.54) is 5.56 Å². The SMILES string of the molecule is CCC(=O)NC(C)(C)c1cccc(C)c1. The first-order valence-corrected chi connectivity index (χ1v) is 5.34. The topological polar surface area (TPSA) is 29.1 Å². The molecule has 82 valence electrons. The summed E-state index contributed by atoms with van der Waals surface area (Å²) >= 11 is 0. The van der Waals surface area contributed by atoms with Crippen LogP contribution in [0.1, 0.15) is 38.3 Å². The number of benzene rings is 1. The van der Waals surface area contributed by atoms with Gasteiger partial charge < -0.3 is 5.32 Å². The highest BCUT2D eigenvalue weighted by Gasteiger charge is 2.21. The van der Waals surface area contributed by atoms with E-state index in [0.29, 0.717) is 6.42 Å². The summed E-state index contributed by atoms with van der Waals surface area (Å²) in [5.74, 6) is 0.0847. The van der Waals surface area contributed by atoms with Gasteiger partial charge in [0, 0.05) is 6.42 Å². The number of hydrogen-bond acceptors (Lipinski definition) is 1. The normalized spacial score (nSPS) is 11.2. The second kappa shape index (κ2) is 4.47. The Bertz CT molecular complexity index is 355. The summed E-state index contributed by atoms with van der Waals surface area (Å²) in [4.78, 5) is 11.4. The smallest absolute Gasteiger partial charge is 0.220 e. The fraction of sp³-hybridized carbons (Fsp3) is 0.462. The molecule has 1 rings (SSSR count). The average molecular weight is 205 g/mol. The molecule has 0 atom stereocenters. The standard InChI is InChI=1S/C13H19NO/c1-5-12(15)14-13(3,4)11-8-6-7-10(2)9-11/h6-9H,5H2,1-4H3,(H,14,15). The van der Waals surface area contributed by atoms with Crippen molar-refractivity contribution in [2.75, 3.05) is 0 Å². The van der Waals surface area contributed by atoms with Crippen molar-refractivity contribution in [1.29, 1.82) is 0 Å². The molecule has 1 aromatic rings. The molecule has 0 bridgehead atoms. The fourth-order valence-corrected chi connectivity index (χ4v) is 1.54. The van der Waals surface area contributed by atoms with E-state index in [2.05, 4.69) is 24.4 Å². The minimum atomic E-state index is -0.293. The summed E-state index contributed by atoms with van der Waals surface area (Å²) < 4.78 is 0. The summed E-state index contributed by atoms with van der Waals surface area (Å²) in [5, 5.41) is 3.01. The second-order valence-corrected chi connectivity index (χ2v) is 4.40. The van der Waals surface area contributed by atoms with Crippen LogP contribution in [-0.2, 0) is 10.3 Å². The van der Waals surface area contributed by atoms with Gasteiger partial charge in [0.05, 0.1) is 5.54 Å². The molecule has 0 spiro atoms. The van der Waals surface area contributed by atoms with Gasteiger partial charge in [-0.25, -0.2) is 0 Å². The van der Waals surface area contributed by atoms with Crippen molar-refractivity contribution >= 4 is 5.91 Å². The molecule has 0 aliphatic rings. The predicted molar refractivity (Wildman–Crippen MR) is 62.6 cm³/mol. The summed E-state index contributed by atoms with van der Waals surface area (Å²) in [5.41, 5.74) is 2.06. The van der Waals surface area contributed by atoms with E-state index in [1.807, 2.05) is 32.9 Å². The van der Waals surface area contributed by atoms with Crippen LogP contribution >= 0.6 is 0 Å². The second-order valence-electron chi connectivity index (χ2n) is 4.40. The molecule has 2 nitrogen and oxygen atoms in total. The van der Waals surface area contributed by atoms with Crippen molar-refractivity contribution < 1.29 is 4.79 Å². The molecule has 0 saturated heterocycles. The van der Waals surface area contributed by atoms with E-state index in [1.54, 1.807) is 0 Å². The molecule has 0 saturated carbocycles. The van der Waals surface area contributed by atoms with Crippen molar-refractivity contribution in [3.8, 4) is 0 Å². The number of aryl methyl sites for hydroxylation is 1. The van der Waals surface area contributed by atoms with Crippen LogP contribution in [0, 0.1) is 6.92 Å². The molecule has 0 aliphatic carbocycles. The van der Waals surface area contributed by atoms with Crippen LogP contribution in [0.15, 0.2) is 24.3 Å². The van der Waals surface area contributed by atoms with Crippen LogP contribution in [0.25, 0.3) is 0 Å². The molecule has 1 N–H and O–H groups in total. The Hall–Kier alpha value is -1.31.